The lowest BCUT2D eigenvalue weighted by atomic mass is 10.00. The second-order valence-corrected chi connectivity index (χ2v) is 6.24. The molecule has 1 aromatic carbocycles. The van der Waals surface area contributed by atoms with Crippen molar-refractivity contribution >= 4 is 10.9 Å². The summed E-state index contributed by atoms with van der Waals surface area (Å²) in [6.07, 6.45) is 0.952. The molecule has 118 valence electrons. The second-order valence-electron chi connectivity index (χ2n) is 6.24. The van der Waals surface area contributed by atoms with E-state index in [1.54, 1.807) is 0 Å². The lowest BCUT2D eigenvalue weighted by Crippen LogP contribution is -2.00. The van der Waals surface area contributed by atoms with Crippen LogP contribution in [0, 0.1) is 20.8 Å². The normalized spacial score (nSPS) is 18.0. The molecule has 1 aliphatic heterocycles. The molecule has 1 aliphatic rings. The Morgan fingerprint density at radius 1 is 1.13 bits per heavy atom. The molecule has 0 spiro atoms. The van der Waals surface area contributed by atoms with E-state index in [1.807, 2.05) is 13.0 Å². The van der Waals surface area contributed by atoms with E-state index in [1.165, 1.54) is 5.56 Å². The van der Waals surface area contributed by atoms with Crippen LogP contribution in [0.15, 0.2) is 22.7 Å². The zero-order valence-electron chi connectivity index (χ0n) is 13.6. The first-order chi connectivity index (χ1) is 11.1. The van der Waals surface area contributed by atoms with E-state index in [4.69, 9.17) is 9.26 Å². The van der Waals surface area contributed by atoms with Crippen LogP contribution in [0.1, 0.15) is 35.0 Å². The first-order valence-electron chi connectivity index (χ1n) is 7.93. The molecule has 0 aliphatic carbocycles. The smallest absolute Gasteiger partial charge is 0.258 e. The fourth-order valence-corrected chi connectivity index (χ4v) is 3.11. The van der Waals surface area contributed by atoms with Crippen molar-refractivity contribution in [1.29, 1.82) is 0 Å². The fraction of sp³-hybridized carbons (Fsp3) is 0.389. The van der Waals surface area contributed by atoms with Crippen molar-refractivity contribution in [3.05, 3.63) is 40.8 Å². The van der Waals surface area contributed by atoms with E-state index in [0.717, 1.165) is 46.6 Å². The van der Waals surface area contributed by atoms with E-state index < -0.39 is 0 Å². The van der Waals surface area contributed by atoms with Gasteiger partial charge in [0.15, 0.2) is 5.82 Å². The van der Waals surface area contributed by atoms with E-state index in [9.17, 15) is 0 Å². The summed E-state index contributed by atoms with van der Waals surface area (Å²) in [4.78, 5) is 9.34. The topological polar surface area (TPSA) is 61.0 Å². The number of hydrogen-bond donors (Lipinski definition) is 0. The number of aromatic nitrogens is 3. The molecule has 0 N–H and O–H groups in total. The summed E-state index contributed by atoms with van der Waals surface area (Å²) in [6, 6.07) is 6.25. The van der Waals surface area contributed by atoms with Crippen LogP contribution in [0.4, 0.5) is 0 Å². The average Bonchev–Trinajstić information content (AvgIpc) is 3.19. The van der Waals surface area contributed by atoms with Gasteiger partial charge < -0.3 is 9.26 Å². The van der Waals surface area contributed by atoms with Gasteiger partial charge >= 0.3 is 0 Å². The Balaban J connectivity index is 1.90. The van der Waals surface area contributed by atoms with Crippen molar-refractivity contribution in [2.45, 2.75) is 33.1 Å². The molecule has 0 radical (unpaired) electrons. The fourth-order valence-electron chi connectivity index (χ4n) is 3.11. The van der Waals surface area contributed by atoms with Gasteiger partial charge in [-0.15, -0.1) is 0 Å². The van der Waals surface area contributed by atoms with Gasteiger partial charge in [-0.05, 0) is 44.9 Å². The Morgan fingerprint density at radius 3 is 2.78 bits per heavy atom. The van der Waals surface area contributed by atoms with Gasteiger partial charge in [0.2, 0.25) is 0 Å². The summed E-state index contributed by atoms with van der Waals surface area (Å²) < 4.78 is 11.0. The minimum atomic E-state index is 0.240. The lowest BCUT2D eigenvalue weighted by Gasteiger charge is -2.10. The Bertz CT molecular complexity index is 879. The quantitative estimate of drug-likeness (QED) is 0.722. The van der Waals surface area contributed by atoms with Crippen LogP contribution < -0.4 is 0 Å². The van der Waals surface area contributed by atoms with Crippen molar-refractivity contribution in [2.75, 3.05) is 13.2 Å². The van der Waals surface area contributed by atoms with Gasteiger partial charge in [-0.1, -0.05) is 16.8 Å². The Labute approximate surface area is 134 Å². The van der Waals surface area contributed by atoms with Crippen molar-refractivity contribution in [3.63, 3.8) is 0 Å². The molecule has 3 heterocycles. The van der Waals surface area contributed by atoms with Crippen LogP contribution in [-0.4, -0.2) is 28.3 Å². The van der Waals surface area contributed by atoms with Gasteiger partial charge in [0.05, 0.1) is 17.7 Å². The molecule has 23 heavy (non-hydrogen) atoms. The summed E-state index contributed by atoms with van der Waals surface area (Å²) in [6.45, 7) is 7.59. The van der Waals surface area contributed by atoms with Crippen molar-refractivity contribution in [3.8, 4) is 11.5 Å². The monoisotopic (exact) mass is 309 g/mol. The van der Waals surface area contributed by atoms with Gasteiger partial charge in [0.25, 0.3) is 5.89 Å². The van der Waals surface area contributed by atoms with Crippen LogP contribution in [-0.2, 0) is 4.74 Å². The molecular weight excluding hydrogens is 290 g/mol. The second kappa shape index (κ2) is 5.42. The molecule has 4 rings (SSSR count). The van der Waals surface area contributed by atoms with Crippen LogP contribution >= 0.6 is 0 Å². The molecule has 0 amide bonds. The number of benzene rings is 1. The van der Waals surface area contributed by atoms with E-state index in [2.05, 4.69) is 41.1 Å². The number of nitrogens with zero attached hydrogens (tertiary/aromatic N) is 3. The Kier molecular flexibility index (Phi) is 3.38. The molecule has 1 saturated heterocycles. The number of rotatable bonds is 2. The molecule has 0 bridgehead atoms. The van der Waals surface area contributed by atoms with Crippen LogP contribution in [0.25, 0.3) is 22.4 Å². The third-order valence-corrected chi connectivity index (χ3v) is 4.58. The van der Waals surface area contributed by atoms with Gasteiger partial charge in [0, 0.05) is 23.6 Å². The summed E-state index contributed by atoms with van der Waals surface area (Å²) in [5, 5.41) is 5.25. The zero-order chi connectivity index (χ0) is 16.0. The number of hydrogen-bond acceptors (Lipinski definition) is 5. The average molecular weight is 309 g/mol. The maximum atomic E-state index is 5.60. The first kappa shape index (κ1) is 14.3. The van der Waals surface area contributed by atoms with Crippen LogP contribution in [0.5, 0.6) is 0 Å². The lowest BCUT2D eigenvalue weighted by molar-refractivity contribution is 0.192. The Hall–Kier alpha value is -2.27. The van der Waals surface area contributed by atoms with Gasteiger partial charge in [-0.25, -0.2) is 0 Å². The zero-order valence-corrected chi connectivity index (χ0v) is 13.6. The number of aryl methyl sites for hydroxylation is 2. The van der Waals surface area contributed by atoms with Gasteiger partial charge in [-0.3, -0.25) is 4.98 Å². The third-order valence-electron chi connectivity index (χ3n) is 4.58. The van der Waals surface area contributed by atoms with E-state index >= 15 is 0 Å². The third kappa shape index (κ3) is 2.41. The molecular formula is C18H19N3O2. The highest BCUT2D eigenvalue weighted by Crippen LogP contribution is 2.33. The maximum Gasteiger partial charge on any atom is 0.258 e. The van der Waals surface area contributed by atoms with Gasteiger partial charge in [-0.2, -0.15) is 4.98 Å². The van der Waals surface area contributed by atoms with Crippen LogP contribution in [0.3, 0.4) is 0 Å². The minimum absolute atomic E-state index is 0.240. The molecule has 3 aromatic rings. The van der Waals surface area contributed by atoms with Gasteiger partial charge in [0.1, 0.15) is 0 Å². The highest BCUT2D eigenvalue weighted by Gasteiger charge is 2.25. The molecule has 2 aromatic heterocycles. The standard InChI is InChI=1S/C18H19N3O2/c1-10-4-5-15-14(8-10)16(11(2)12(3)19-15)18-20-17(21-23-18)13-6-7-22-9-13/h4-5,8,13H,6-7,9H2,1-3H3/t13-/m0/s1. The Morgan fingerprint density at radius 2 is 2.00 bits per heavy atom. The molecule has 5 nitrogen and oxygen atoms in total. The molecule has 1 fully saturated rings. The largest absolute Gasteiger partial charge is 0.381 e. The predicted octanol–water partition coefficient (Wildman–Crippen LogP) is 3.71. The van der Waals surface area contributed by atoms with E-state index in [0.29, 0.717) is 12.5 Å². The molecule has 1 atom stereocenters. The van der Waals surface area contributed by atoms with Crippen molar-refractivity contribution in [1.82, 2.24) is 15.1 Å². The number of pyridine rings is 1. The summed E-state index contributed by atoms with van der Waals surface area (Å²) in [5.74, 6) is 1.56. The number of fused-ring (bicyclic) bond motifs is 1. The maximum absolute atomic E-state index is 5.60. The highest BCUT2D eigenvalue weighted by molar-refractivity contribution is 5.94. The van der Waals surface area contributed by atoms with Crippen molar-refractivity contribution in [2.24, 2.45) is 0 Å². The molecule has 5 heteroatoms. The molecule has 0 saturated carbocycles. The molecule has 0 unspecified atom stereocenters. The summed E-state index contributed by atoms with van der Waals surface area (Å²) in [7, 11) is 0. The predicted molar refractivity (Wildman–Crippen MR) is 87.4 cm³/mol. The minimum Gasteiger partial charge on any atom is -0.381 e. The van der Waals surface area contributed by atoms with Crippen LogP contribution in [0.2, 0.25) is 0 Å². The van der Waals surface area contributed by atoms with E-state index in [-0.39, 0.29) is 5.92 Å². The SMILES string of the molecule is Cc1ccc2nc(C)c(C)c(-c3nc([C@H]4CCOC4)no3)c2c1. The summed E-state index contributed by atoms with van der Waals surface area (Å²) in [5.41, 5.74) is 5.21. The highest BCUT2D eigenvalue weighted by atomic mass is 16.5. The number of ether oxygens (including phenoxy) is 1. The summed E-state index contributed by atoms with van der Waals surface area (Å²) >= 11 is 0. The van der Waals surface area contributed by atoms with Crippen molar-refractivity contribution < 1.29 is 9.26 Å². The first-order valence-corrected chi connectivity index (χ1v) is 7.93.